The van der Waals surface area contributed by atoms with Gasteiger partial charge >= 0.3 is 6.03 Å². The number of nitrogens with one attached hydrogen (secondary N) is 1. The first-order valence-electron chi connectivity index (χ1n) is 7.68. The van der Waals surface area contributed by atoms with Crippen LogP contribution in [0.3, 0.4) is 0 Å². The maximum Gasteiger partial charge on any atom is 0.325 e. The van der Waals surface area contributed by atoms with Crippen molar-refractivity contribution < 1.29 is 19.1 Å². The standard InChI is InChI=1S/C15H19N5O4/c1-15(2)13(22)20(14(23)18-15)9-12(21)19-5-6-24-11(8-19)10-7-16-3-4-17-10/h3-4,7,11H,5-6,8-9H2,1-2H3,(H,18,23). The van der Waals surface area contributed by atoms with Crippen molar-refractivity contribution in [3.8, 4) is 0 Å². The molecule has 9 heteroatoms. The second kappa shape index (κ2) is 6.16. The number of carbonyl (C=O) groups is 3. The first-order valence-corrected chi connectivity index (χ1v) is 7.68. The van der Waals surface area contributed by atoms with E-state index in [9.17, 15) is 14.4 Å². The van der Waals surface area contributed by atoms with Gasteiger partial charge in [0.15, 0.2) is 0 Å². The van der Waals surface area contributed by atoms with Gasteiger partial charge < -0.3 is 15.0 Å². The van der Waals surface area contributed by atoms with Crippen LogP contribution in [-0.4, -0.2) is 69.4 Å². The van der Waals surface area contributed by atoms with Gasteiger partial charge in [-0.05, 0) is 13.8 Å². The van der Waals surface area contributed by atoms with Crippen molar-refractivity contribution in [3.63, 3.8) is 0 Å². The summed E-state index contributed by atoms with van der Waals surface area (Å²) in [6.45, 7) is 4.01. The Balaban J connectivity index is 1.65. The molecule has 128 valence electrons. The van der Waals surface area contributed by atoms with Crippen molar-refractivity contribution in [1.82, 2.24) is 25.1 Å². The number of urea groups is 1. The number of hydrogen-bond acceptors (Lipinski definition) is 6. The van der Waals surface area contributed by atoms with E-state index in [0.29, 0.717) is 25.4 Å². The van der Waals surface area contributed by atoms with Gasteiger partial charge in [-0.15, -0.1) is 0 Å². The minimum atomic E-state index is -0.982. The van der Waals surface area contributed by atoms with Gasteiger partial charge in [0, 0.05) is 18.9 Å². The van der Waals surface area contributed by atoms with Crippen LogP contribution in [0.1, 0.15) is 25.6 Å². The van der Waals surface area contributed by atoms with E-state index in [1.807, 2.05) is 0 Å². The third-order valence-corrected chi connectivity index (χ3v) is 4.07. The number of imide groups is 1. The van der Waals surface area contributed by atoms with Crippen LogP contribution in [0.2, 0.25) is 0 Å². The lowest BCUT2D eigenvalue weighted by molar-refractivity contribution is -0.143. The molecule has 2 aliphatic heterocycles. The van der Waals surface area contributed by atoms with Crippen molar-refractivity contribution >= 4 is 17.8 Å². The van der Waals surface area contributed by atoms with Gasteiger partial charge in [0.2, 0.25) is 5.91 Å². The SMILES string of the molecule is CC1(C)NC(=O)N(CC(=O)N2CCOC(c3cnccn3)C2)C1=O. The predicted molar refractivity (Wildman–Crippen MR) is 81.6 cm³/mol. The van der Waals surface area contributed by atoms with Crippen molar-refractivity contribution in [2.45, 2.75) is 25.5 Å². The lowest BCUT2D eigenvalue weighted by atomic mass is 10.1. The fraction of sp³-hybridized carbons (Fsp3) is 0.533. The van der Waals surface area contributed by atoms with Crippen LogP contribution in [0.4, 0.5) is 4.79 Å². The van der Waals surface area contributed by atoms with Crippen LogP contribution in [0, 0.1) is 0 Å². The summed E-state index contributed by atoms with van der Waals surface area (Å²) in [6, 6.07) is -0.544. The van der Waals surface area contributed by atoms with E-state index in [2.05, 4.69) is 15.3 Å². The van der Waals surface area contributed by atoms with Gasteiger partial charge in [-0.1, -0.05) is 0 Å². The molecular formula is C15H19N5O4. The molecule has 1 aromatic heterocycles. The molecule has 0 spiro atoms. The molecular weight excluding hydrogens is 314 g/mol. The highest BCUT2D eigenvalue weighted by atomic mass is 16.5. The molecule has 3 heterocycles. The maximum absolute atomic E-state index is 12.5. The maximum atomic E-state index is 12.5. The Kier molecular flexibility index (Phi) is 4.18. The fourth-order valence-electron chi connectivity index (χ4n) is 2.73. The monoisotopic (exact) mass is 333 g/mol. The van der Waals surface area contributed by atoms with Crippen molar-refractivity contribution in [2.75, 3.05) is 26.2 Å². The summed E-state index contributed by atoms with van der Waals surface area (Å²) in [4.78, 5) is 47.3. The van der Waals surface area contributed by atoms with E-state index in [1.165, 1.54) is 0 Å². The Labute approximate surface area is 139 Å². The van der Waals surface area contributed by atoms with Crippen LogP contribution >= 0.6 is 0 Å². The normalized spacial score (nSPS) is 23.3. The first kappa shape index (κ1) is 16.3. The highest BCUT2D eigenvalue weighted by Crippen LogP contribution is 2.21. The van der Waals surface area contributed by atoms with Gasteiger partial charge in [0.05, 0.1) is 25.0 Å². The Morgan fingerprint density at radius 2 is 2.21 bits per heavy atom. The average molecular weight is 333 g/mol. The van der Waals surface area contributed by atoms with Gasteiger partial charge in [0.25, 0.3) is 5.91 Å². The number of ether oxygens (including phenoxy) is 1. The topological polar surface area (TPSA) is 105 Å². The predicted octanol–water partition coefficient (Wildman–Crippen LogP) is -0.293. The first-order chi connectivity index (χ1) is 11.4. The quantitative estimate of drug-likeness (QED) is 0.762. The summed E-state index contributed by atoms with van der Waals surface area (Å²) in [6.07, 6.45) is 4.36. The fourth-order valence-corrected chi connectivity index (χ4v) is 2.73. The molecule has 1 unspecified atom stereocenters. The number of nitrogens with zero attached hydrogens (tertiary/aromatic N) is 4. The second-order valence-electron chi connectivity index (χ2n) is 6.28. The van der Waals surface area contributed by atoms with E-state index in [4.69, 9.17) is 4.74 Å². The molecule has 24 heavy (non-hydrogen) atoms. The van der Waals surface area contributed by atoms with Crippen LogP contribution < -0.4 is 5.32 Å². The van der Waals surface area contributed by atoms with Crippen LogP contribution in [0.5, 0.6) is 0 Å². The molecule has 2 aliphatic rings. The summed E-state index contributed by atoms with van der Waals surface area (Å²) in [7, 11) is 0. The summed E-state index contributed by atoms with van der Waals surface area (Å²) >= 11 is 0. The minimum Gasteiger partial charge on any atom is -0.368 e. The van der Waals surface area contributed by atoms with E-state index < -0.39 is 17.5 Å². The smallest absolute Gasteiger partial charge is 0.325 e. The molecule has 1 N–H and O–H groups in total. The van der Waals surface area contributed by atoms with Gasteiger partial charge in [-0.3, -0.25) is 24.5 Å². The molecule has 1 atom stereocenters. The molecule has 1 aromatic rings. The van der Waals surface area contributed by atoms with Crippen molar-refractivity contribution in [2.24, 2.45) is 0 Å². The number of amides is 4. The number of hydrogen-bond donors (Lipinski definition) is 1. The Morgan fingerprint density at radius 1 is 1.42 bits per heavy atom. The van der Waals surface area contributed by atoms with E-state index in [-0.39, 0.29) is 18.6 Å². The van der Waals surface area contributed by atoms with E-state index >= 15 is 0 Å². The number of rotatable bonds is 3. The zero-order valence-corrected chi connectivity index (χ0v) is 13.6. The van der Waals surface area contributed by atoms with Crippen molar-refractivity contribution in [1.29, 1.82) is 0 Å². The number of carbonyl (C=O) groups excluding carboxylic acids is 3. The third kappa shape index (κ3) is 3.07. The summed E-state index contributed by atoms with van der Waals surface area (Å²) < 4.78 is 5.63. The molecule has 2 saturated heterocycles. The highest BCUT2D eigenvalue weighted by Gasteiger charge is 2.45. The highest BCUT2D eigenvalue weighted by molar-refractivity contribution is 6.08. The number of morpholine rings is 1. The molecule has 0 aromatic carbocycles. The summed E-state index contributed by atoms with van der Waals surface area (Å²) in [5, 5.41) is 2.56. The lowest BCUT2D eigenvalue weighted by Gasteiger charge is -2.33. The zero-order valence-electron chi connectivity index (χ0n) is 13.6. The molecule has 3 rings (SSSR count). The average Bonchev–Trinajstić information content (AvgIpc) is 2.77. The summed E-state index contributed by atoms with van der Waals surface area (Å²) in [5.41, 5.74) is -0.337. The molecule has 0 radical (unpaired) electrons. The molecule has 9 nitrogen and oxygen atoms in total. The molecule has 0 saturated carbocycles. The van der Waals surface area contributed by atoms with E-state index in [1.54, 1.807) is 37.3 Å². The molecule has 0 aliphatic carbocycles. The van der Waals surface area contributed by atoms with Crippen LogP contribution in [0.15, 0.2) is 18.6 Å². The second-order valence-corrected chi connectivity index (χ2v) is 6.28. The van der Waals surface area contributed by atoms with E-state index in [0.717, 1.165) is 4.90 Å². The summed E-state index contributed by atoms with van der Waals surface area (Å²) in [5.74, 6) is -0.701. The molecule has 0 bridgehead atoms. The van der Waals surface area contributed by atoms with Gasteiger partial charge in [0.1, 0.15) is 18.2 Å². The van der Waals surface area contributed by atoms with Crippen LogP contribution in [0.25, 0.3) is 0 Å². The lowest BCUT2D eigenvalue weighted by Crippen LogP contribution is -2.48. The molecule has 2 fully saturated rings. The van der Waals surface area contributed by atoms with Crippen LogP contribution in [-0.2, 0) is 14.3 Å². The zero-order chi connectivity index (χ0) is 17.3. The van der Waals surface area contributed by atoms with Gasteiger partial charge in [-0.25, -0.2) is 4.79 Å². The number of aromatic nitrogens is 2. The Hall–Kier alpha value is -2.55. The van der Waals surface area contributed by atoms with Crippen molar-refractivity contribution in [3.05, 3.63) is 24.3 Å². The van der Waals surface area contributed by atoms with Gasteiger partial charge in [-0.2, -0.15) is 0 Å². The Morgan fingerprint density at radius 3 is 2.83 bits per heavy atom. The minimum absolute atomic E-state index is 0.277. The Bertz CT molecular complexity index is 663. The largest absolute Gasteiger partial charge is 0.368 e. The molecule has 4 amide bonds. The third-order valence-electron chi connectivity index (χ3n) is 4.07.